The fraction of sp³-hybridized carbons (Fsp3) is 0.375. The van der Waals surface area contributed by atoms with Gasteiger partial charge in [0.15, 0.2) is 0 Å². The van der Waals surface area contributed by atoms with Crippen molar-refractivity contribution in [3.05, 3.63) is 23.0 Å². The van der Waals surface area contributed by atoms with Gasteiger partial charge in [-0.1, -0.05) is 11.6 Å². The van der Waals surface area contributed by atoms with E-state index in [1.54, 1.807) is 0 Å². The van der Waals surface area contributed by atoms with E-state index < -0.39 is 16.9 Å². The average Bonchev–Trinajstić information content (AvgIpc) is 2.01. The minimum Gasteiger partial charge on any atom is -0.377 e. The summed E-state index contributed by atoms with van der Waals surface area (Å²) in [6, 6.07) is 1.27. The Hall–Kier alpha value is -0.970. The summed E-state index contributed by atoms with van der Waals surface area (Å²) >= 11 is 5.40. The second kappa shape index (κ2) is 3.65. The van der Waals surface area contributed by atoms with E-state index in [-0.39, 0.29) is 5.69 Å². The van der Waals surface area contributed by atoms with Gasteiger partial charge in [-0.05, 0) is 6.07 Å². The van der Waals surface area contributed by atoms with Crippen LogP contribution in [0.25, 0.3) is 0 Å². The van der Waals surface area contributed by atoms with Crippen LogP contribution in [0, 0.1) is 0 Å². The molecule has 1 rings (SSSR count). The van der Waals surface area contributed by atoms with Crippen molar-refractivity contribution in [1.29, 1.82) is 0 Å². The Morgan fingerprint density at radius 1 is 1.36 bits per heavy atom. The summed E-state index contributed by atoms with van der Waals surface area (Å²) in [6.07, 6.45) is -3.24. The van der Waals surface area contributed by atoms with Crippen molar-refractivity contribution in [3.8, 4) is 0 Å². The number of rotatable bonds is 1. The Morgan fingerprint density at radius 2 is 1.93 bits per heavy atom. The van der Waals surface area contributed by atoms with Crippen molar-refractivity contribution in [1.82, 2.24) is 4.98 Å². The van der Waals surface area contributed by atoms with Crippen LogP contribution in [-0.2, 0) is 6.18 Å². The summed E-state index contributed by atoms with van der Waals surface area (Å²) in [6.45, 7) is 0. The van der Waals surface area contributed by atoms with Crippen LogP contribution in [0.4, 0.5) is 18.9 Å². The molecule has 0 aromatic carbocycles. The second-order valence-corrected chi connectivity index (χ2v) is 3.25. The predicted octanol–water partition coefficient (Wildman–Crippen LogP) is 2.82. The van der Waals surface area contributed by atoms with Crippen LogP contribution in [0.3, 0.4) is 0 Å². The highest BCUT2D eigenvalue weighted by Gasteiger charge is 2.37. The van der Waals surface area contributed by atoms with Crippen LogP contribution in [-0.4, -0.2) is 19.1 Å². The van der Waals surface area contributed by atoms with Gasteiger partial charge in [0, 0.05) is 20.3 Å². The van der Waals surface area contributed by atoms with Gasteiger partial charge in [-0.25, -0.2) is 4.98 Å². The van der Waals surface area contributed by atoms with Crippen molar-refractivity contribution in [3.63, 3.8) is 0 Å². The zero-order valence-electron chi connectivity index (χ0n) is 7.56. The summed E-state index contributed by atoms with van der Waals surface area (Å²) in [5.74, 6) is 0. The third kappa shape index (κ3) is 2.09. The minimum atomic E-state index is -4.48. The van der Waals surface area contributed by atoms with Crippen molar-refractivity contribution in [2.75, 3.05) is 19.0 Å². The van der Waals surface area contributed by atoms with Crippen molar-refractivity contribution >= 4 is 17.3 Å². The van der Waals surface area contributed by atoms with Crippen LogP contribution in [0.2, 0.25) is 5.15 Å². The molecule has 1 aromatic rings. The molecule has 0 spiro atoms. The topological polar surface area (TPSA) is 16.1 Å². The summed E-state index contributed by atoms with van der Waals surface area (Å²) < 4.78 is 37.6. The molecule has 0 N–H and O–H groups in total. The fourth-order valence-corrected chi connectivity index (χ4v) is 1.32. The molecule has 0 radical (unpaired) electrons. The molecule has 0 saturated heterocycles. The molecule has 0 bridgehead atoms. The zero-order valence-corrected chi connectivity index (χ0v) is 8.32. The van der Waals surface area contributed by atoms with Gasteiger partial charge in [0.2, 0.25) is 0 Å². The number of hydrogen-bond donors (Lipinski definition) is 0. The Kier molecular flexibility index (Phi) is 2.89. The lowest BCUT2D eigenvalue weighted by molar-refractivity contribution is -0.137. The number of halogens is 4. The SMILES string of the molecule is CN(C)c1ccnc(Cl)c1C(F)(F)F. The maximum absolute atomic E-state index is 12.5. The zero-order chi connectivity index (χ0) is 10.9. The Balaban J connectivity index is 3.38. The molecule has 0 atom stereocenters. The molecule has 6 heteroatoms. The van der Waals surface area contributed by atoms with Crippen LogP contribution in [0.15, 0.2) is 12.3 Å². The van der Waals surface area contributed by atoms with Gasteiger partial charge in [0.1, 0.15) is 10.7 Å². The average molecular weight is 225 g/mol. The predicted molar refractivity (Wildman–Crippen MR) is 48.6 cm³/mol. The van der Waals surface area contributed by atoms with Gasteiger partial charge in [-0.3, -0.25) is 0 Å². The number of alkyl halides is 3. The van der Waals surface area contributed by atoms with Gasteiger partial charge in [-0.15, -0.1) is 0 Å². The van der Waals surface area contributed by atoms with Crippen LogP contribution >= 0.6 is 11.6 Å². The van der Waals surface area contributed by atoms with Crippen molar-refractivity contribution < 1.29 is 13.2 Å². The Labute approximate surface area is 84.3 Å². The number of hydrogen-bond acceptors (Lipinski definition) is 2. The first-order valence-corrected chi connectivity index (χ1v) is 4.11. The summed E-state index contributed by atoms with van der Waals surface area (Å²) in [5.41, 5.74) is -0.885. The molecule has 0 amide bonds. The lowest BCUT2D eigenvalue weighted by Gasteiger charge is -2.19. The molecule has 78 valence electrons. The second-order valence-electron chi connectivity index (χ2n) is 2.89. The largest absolute Gasteiger partial charge is 0.421 e. The van der Waals surface area contributed by atoms with E-state index >= 15 is 0 Å². The molecular formula is C8H8ClF3N2. The molecular weight excluding hydrogens is 217 g/mol. The Morgan fingerprint density at radius 3 is 2.29 bits per heavy atom. The smallest absolute Gasteiger partial charge is 0.377 e. The lowest BCUT2D eigenvalue weighted by Crippen LogP contribution is -2.17. The van der Waals surface area contributed by atoms with E-state index in [0.29, 0.717) is 0 Å². The van der Waals surface area contributed by atoms with Gasteiger partial charge in [0.05, 0.1) is 5.69 Å². The number of aromatic nitrogens is 1. The Bertz CT molecular complexity index is 336. The van der Waals surface area contributed by atoms with Crippen LogP contribution in [0.5, 0.6) is 0 Å². The van der Waals surface area contributed by atoms with Gasteiger partial charge in [0.25, 0.3) is 0 Å². The molecule has 0 aliphatic heterocycles. The van der Waals surface area contributed by atoms with E-state index in [9.17, 15) is 13.2 Å². The summed E-state index contributed by atoms with van der Waals surface area (Å²) in [7, 11) is 3.03. The first-order valence-electron chi connectivity index (χ1n) is 3.73. The molecule has 0 fully saturated rings. The molecule has 0 unspecified atom stereocenters. The van der Waals surface area contributed by atoms with E-state index in [4.69, 9.17) is 11.6 Å². The maximum Gasteiger partial charge on any atom is 0.421 e. The van der Waals surface area contributed by atoms with Crippen molar-refractivity contribution in [2.24, 2.45) is 0 Å². The van der Waals surface area contributed by atoms with Gasteiger partial charge >= 0.3 is 6.18 Å². The van der Waals surface area contributed by atoms with Crippen molar-refractivity contribution in [2.45, 2.75) is 6.18 Å². The number of pyridine rings is 1. The molecule has 1 aromatic heterocycles. The molecule has 0 aliphatic rings. The van der Waals surface area contributed by atoms with E-state index in [1.807, 2.05) is 0 Å². The number of nitrogens with zero attached hydrogens (tertiary/aromatic N) is 2. The highest BCUT2D eigenvalue weighted by molar-refractivity contribution is 6.30. The van der Waals surface area contributed by atoms with Gasteiger partial charge in [-0.2, -0.15) is 13.2 Å². The van der Waals surface area contributed by atoms with E-state index in [2.05, 4.69) is 4.98 Å². The fourth-order valence-electron chi connectivity index (χ4n) is 1.06. The minimum absolute atomic E-state index is 0.0116. The molecule has 0 saturated carbocycles. The lowest BCUT2D eigenvalue weighted by atomic mass is 10.2. The summed E-state index contributed by atoms with van der Waals surface area (Å²) in [4.78, 5) is 4.75. The first kappa shape index (κ1) is 11.1. The quantitative estimate of drug-likeness (QED) is 0.682. The maximum atomic E-state index is 12.5. The molecule has 14 heavy (non-hydrogen) atoms. The van der Waals surface area contributed by atoms with Crippen LogP contribution in [0.1, 0.15) is 5.56 Å². The van der Waals surface area contributed by atoms with E-state index in [0.717, 1.165) is 0 Å². The molecule has 2 nitrogen and oxygen atoms in total. The van der Waals surface area contributed by atoms with E-state index in [1.165, 1.54) is 31.3 Å². The van der Waals surface area contributed by atoms with Crippen LogP contribution < -0.4 is 4.90 Å². The number of anilines is 1. The highest BCUT2D eigenvalue weighted by atomic mass is 35.5. The summed E-state index contributed by atoms with van der Waals surface area (Å²) in [5, 5.41) is -0.524. The highest BCUT2D eigenvalue weighted by Crippen LogP contribution is 2.39. The standard InChI is InChI=1S/C8H8ClF3N2/c1-14(2)5-3-4-13-7(9)6(5)8(10,11)12/h3-4H,1-2H3. The monoisotopic (exact) mass is 224 g/mol. The molecule has 1 heterocycles. The molecule has 0 aliphatic carbocycles. The van der Waals surface area contributed by atoms with Gasteiger partial charge < -0.3 is 4.90 Å². The third-order valence-corrected chi connectivity index (χ3v) is 1.93. The first-order chi connectivity index (χ1) is 6.34. The third-order valence-electron chi connectivity index (χ3n) is 1.65. The normalized spacial score (nSPS) is 11.6.